The van der Waals surface area contributed by atoms with Gasteiger partial charge in [0, 0.05) is 37.4 Å². The molecule has 0 aromatic carbocycles. The number of carbonyl (C=O) groups excluding carboxylic acids is 1. The number of hydrogen-bond donors (Lipinski definition) is 0. The van der Waals surface area contributed by atoms with E-state index in [1.54, 1.807) is 25.4 Å². The SMILES string of the molecule is Cc1cc(C(=O)N2CCC3OCCCC3(COc3cccnc3)C2)no1. The number of aryl methyl sites for hydroxylation is 1. The molecule has 138 valence electrons. The number of piperidine rings is 1. The summed E-state index contributed by atoms with van der Waals surface area (Å²) in [4.78, 5) is 18.8. The number of hydrogen-bond acceptors (Lipinski definition) is 6. The standard InChI is InChI=1S/C19H23N3O4/c1-14-10-16(21-26-14)18(23)22-8-5-17-19(12-22,6-3-9-24-17)13-25-15-4-2-7-20-11-15/h2,4,7,10-11,17H,3,5-6,8-9,12-13H2,1H3. The molecule has 4 rings (SSSR count). The summed E-state index contributed by atoms with van der Waals surface area (Å²) < 4.78 is 17.1. The van der Waals surface area contributed by atoms with Crippen LogP contribution in [-0.2, 0) is 4.74 Å². The summed E-state index contributed by atoms with van der Waals surface area (Å²) in [7, 11) is 0. The van der Waals surface area contributed by atoms with Crippen molar-refractivity contribution in [2.45, 2.75) is 32.3 Å². The highest BCUT2D eigenvalue weighted by atomic mass is 16.5. The highest BCUT2D eigenvalue weighted by Gasteiger charge is 2.48. The lowest BCUT2D eigenvalue weighted by Gasteiger charge is -2.49. The summed E-state index contributed by atoms with van der Waals surface area (Å²) in [5.41, 5.74) is 0.154. The van der Waals surface area contributed by atoms with E-state index >= 15 is 0 Å². The predicted molar refractivity (Wildman–Crippen MR) is 92.9 cm³/mol. The molecule has 0 saturated carbocycles. The van der Waals surface area contributed by atoms with E-state index in [2.05, 4.69) is 10.1 Å². The van der Waals surface area contributed by atoms with Gasteiger partial charge in [-0.3, -0.25) is 9.78 Å². The Labute approximate surface area is 152 Å². The van der Waals surface area contributed by atoms with Gasteiger partial charge in [-0.1, -0.05) is 5.16 Å². The van der Waals surface area contributed by atoms with Crippen LogP contribution < -0.4 is 4.74 Å². The third-order valence-corrected chi connectivity index (χ3v) is 5.28. The van der Waals surface area contributed by atoms with Crippen molar-refractivity contribution in [3.05, 3.63) is 42.0 Å². The van der Waals surface area contributed by atoms with Gasteiger partial charge in [-0.25, -0.2) is 0 Å². The first-order valence-corrected chi connectivity index (χ1v) is 9.03. The molecule has 2 aliphatic rings. The zero-order valence-electron chi connectivity index (χ0n) is 14.9. The minimum absolute atomic E-state index is 0.0911. The smallest absolute Gasteiger partial charge is 0.276 e. The van der Waals surface area contributed by atoms with Gasteiger partial charge < -0.3 is 18.9 Å². The van der Waals surface area contributed by atoms with Crippen molar-refractivity contribution in [1.29, 1.82) is 0 Å². The maximum Gasteiger partial charge on any atom is 0.276 e. The molecule has 2 atom stereocenters. The van der Waals surface area contributed by atoms with E-state index in [9.17, 15) is 4.79 Å². The van der Waals surface area contributed by atoms with Gasteiger partial charge in [0.25, 0.3) is 5.91 Å². The van der Waals surface area contributed by atoms with Gasteiger partial charge in [-0.2, -0.15) is 0 Å². The number of ether oxygens (including phenoxy) is 2. The number of aromatic nitrogens is 2. The van der Waals surface area contributed by atoms with E-state index in [0.29, 0.717) is 31.2 Å². The number of pyridine rings is 1. The van der Waals surface area contributed by atoms with Crippen molar-refractivity contribution in [3.63, 3.8) is 0 Å². The molecule has 1 amide bonds. The zero-order chi connectivity index (χ0) is 18.0. The van der Waals surface area contributed by atoms with E-state index in [1.807, 2.05) is 17.0 Å². The largest absolute Gasteiger partial charge is 0.491 e. The first-order valence-electron chi connectivity index (χ1n) is 9.03. The average Bonchev–Trinajstić information content (AvgIpc) is 3.12. The van der Waals surface area contributed by atoms with Crippen molar-refractivity contribution in [2.24, 2.45) is 5.41 Å². The first-order chi connectivity index (χ1) is 12.7. The Morgan fingerprint density at radius 2 is 2.42 bits per heavy atom. The van der Waals surface area contributed by atoms with Crippen LogP contribution in [0.1, 0.15) is 35.5 Å². The molecule has 0 radical (unpaired) electrons. The lowest BCUT2D eigenvalue weighted by molar-refractivity contribution is -0.133. The van der Waals surface area contributed by atoms with E-state index < -0.39 is 0 Å². The van der Waals surface area contributed by atoms with E-state index in [0.717, 1.165) is 31.6 Å². The molecule has 2 fully saturated rings. The van der Waals surface area contributed by atoms with Crippen LogP contribution in [0.2, 0.25) is 0 Å². The Bertz CT molecular complexity index is 763. The Morgan fingerprint density at radius 3 is 3.19 bits per heavy atom. The fraction of sp³-hybridized carbons (Fsp3) is 0.526. The van der Waals surface area contributed by atoms with Crippen LogP contribution in [0, 0.1) is 12.3 Å². The Balaban J connectivity index is 1.51. The zero-order valence-corrected chi connectivity index (χ0v) is 14.9. The lowest BCUT2D eigenvalue weighted by atomic mass is 9.73. The summed E-state index contributed by atoms with van der Waals surface area (Å²) in [6.07, 6.45) is 6.28. The number of nitrogens with zero attached hydrogens (tertiary/aromatic N) is 3. The fourth-order valence-electron chi connectivity index (χ4n) is 3.96. The molecule has 26 heavy (non-hydrogen) atoms. The van der Waals surface area contributed by atoms with Crippen LogP contribution in [0.25, 0.3) is 0 Å². The highest BCUT2D eigenvalue weighted by molar-refractivity contribution is 5.92. The van der Waals surface area contributed by atoms with Crippen LogP contribution >= 0.6 is 0 Å². The molecule has 2 aromatic rings. The minimum Gasteiger partial charge on any atom is -0.491 e. The van der Waals surface area contributed by atoms with E-state index in [1.165, 1.54) is 0 Å². The molecule has 2 unspecified atom stereocenters. The van der Waals surface area contributed by atoms with Crippen molar-refractivity contribution in [3.8, 4) is 5.75 Å². The molecule has 2 aromatic heterocycles. The average molecular weight is 357 g/mol. The Kier molecular flexibility index (Phi) is 4.63. The third kappa shape index (κ3) is 3.31. The predicted octanol–water partition coefficient (Wildman–Crippen LogP) is 2.47. The van der Waals surface area contributed by atoms with Crippen LogP contribution in [0.4, 0.5) is 0 Å². The maximum absolute atomic E-state index is 12.8. The molecule has 4 heterocycles. The highest BCUT2D eigenvalue weighted by Crippen LogP contribution is 2.41. The van der Waals surface area contributed by atoms with E-state index in [-0.39, 0.29) is 17.4 Å². The topological polar surface area (TPSA) is 77.7 Å². The van der Waals surface area contributed by atoms with Gasteiger partial charge in [-0.15, -0.1) is 0 Å². The van der Waals surface area contributed by atoms with Crippen LogP contribution in [-0.4, -0.2) is 53.4 Å². The van der Waals surface area contributed by atoms with Crippen molar-refractivity contribution in [2.75, 3.05) is 26.3 Å². The second-order valence-electron chi connectivity index (χ2n) is 7.14. The van der Waals surface area contributed by atoms with Gasteiger partial charge in [-0.05, 0) is 38.3 Å². The molecular weight excluding hydrogens is 334 g/mol. The third-order valence-electron chi connectivity index (χ3n) is 5.28. The molecule has 2 aliphatic heterocycles. The summed E-state index contributed by atoms with van der Waals surface area (Å²) in [5, 5.41) is 3.87. The number of carbonyl (C=O) groups is 1. The lowest BCUT2D eigenvalue weighted by Crippen LogP contribution is -2.58. The minimum atomic E-state index is -0.208. The Hall–Kier alpha value is -2.41. The molecule has 2 saturated heterocycles. The Morgan fingerprint density at radius 1 is 1.50 bits per heavy atom. The van der Waals surface area contributed by atoms with Gasteiger partial charge >= 0.3 is 0 Å². The molecule has 0 bridgehead atoms. The maximum atomic E-state index is 12.8. The second kappa shape index (κ2) is 7.07. The normalized spacial score (nSPS) is 25.6. The fourth-order valence-corrected chi connectivity index (χ4v) is 3.96. The summed E-state index contributed by atoms with van der Waals surface area (Å²) in [6, 6.07) is 5.43. The van der Waals surface area contributed by atoms with Gasteiger partial charge in [0.15, 0.2) is 5.69 Å². The van der Waals surface area contributed by atoms with Crippen LogP contribution in [0.15, 0.2) is 35.1 Å². The number of likely N-dealkylation sites (tertiary alicyclic amines) is 1. The number of fused-ring (bicyclic) bond motifs is 1. The second-order valence-corrected chi connectivity index (χ2v) is 7.14. The molecule has 7 nitrogen and oxygen atoms in total. The molecule has 0 aliphatic carbocycles. The van der Waals surface area contributed by atoms with Crippen molar-refractivity contribution >= 4 is 5.91 Å². The summed E-state index contributed by atoms with van der Waals surface area (Å²) >= 11 is 0. The van der Waals surface area contributed by atoms with Crippen molar-refractivity contribution < 1.29 is 18.8 Å². The first kappa shape index (κ1) is 17.0. The van der Waals surface area contributed by atoms with Crippen molar-refractivity contribution in [1.82, 2.24) is 15.0 Å². The van der Waals surface area contributed by atoms with Crippen LogP contribution in [0.5, 0.6) is 5.75 Å². The quantitative estimate of drug-likeness (QED) is 0.836. The summed E-state index contributed by atoms with van der Waals surface area (Å²) in [5.74, 6) is 1.28. The number of rotatable bonds is 4. The molecule has 7 heteroatoms. The van der Waals surface area contributed by atoms with Gasteiger partial charge in [0.1, 0.15) is 11.5 Å². The van der Waals surface area contributed by atoms with Gasteiger partial charge in [0.2, 0.25) is 0 Å². The number of amides is 1. The van der Waals surface area contributed by atoms with E-state index in [4.69, 9.17) is 14.0 Å². The van der Waals surface area contributed by atoms with Gasteiger partial charge in [0.05, 0.1) is 18.9 Å². The van der Waals surface area contributed by atoms with Crippen LogP contribution in [0.3, 0.4) is 0 Å². The molecule has 0 N–H and O–H groups in total. The molecule has 0 spiro atoms. The summed E-state index contributed by atoms with van der Waals surface area (Å²) in [6.45, 7) is 4.32. The molecular formula is C19H23N3O4. The monoisotopic (exact) mass is 357 g/mol.